The summed E-state index contributed by atoms with van der Waals surface area (Å²) in [5, 5.41) is 12.4. The van der Waals surface area contributed by atoms with Gasteiger partial charge >= 0.3 is 5.97 Å². The van der Waals surface area contributed by atoms with Crippen molar-refractivity contribution in [1.82, 2.24) is 0 Å². The van der Waals surface area contributed by atoms with Crippen LogP contribution in [0.15, 0.2) is 78.9 Å². The van der Waals surface area contributed by atoms with Gasteiger partial charge in [-0.3, -0.25) is 0 Å². The van der Waals surface area contributed by atoms with Gasteiger partial charge < -0.3 is 15.2 Å². The maximum Gasteiger partial charge on any atom is 0.337 e. The van der Waals surface area contributed by atoms with Crippen LogP contribution in [0.4, 0.5) is 11.4 Å². The third kappa shape index (κ3) is 4.61. The van der Waals surface area contributed by atoms with E-state index >= 15 is 0 Å². The quantitative estimate of drug-likeness (QED) is 0.655. The van der Waals surface area contributed by atoms with Gasteiger partial charge in [-0.2, -0.15) is 0 Å². The van der Waals surface area contributed by atoms with Crippen LogP contribution in [-0.4, -0.2) is 17.7 Å². The Morgan fingerprint density at radius 1 is 0.920 bits per heavy atom. The van der Waals surface area contributed by atoms with E-state index in [-0.39, 0.29) is 5.56 Å². The lowest BCUT2D eigenvalue weighted by Crippen LogP contribution is -2.03. The predicted octanol–water partition coefficient (Wildman–Crippen LogP) is 4.75. The highest BCUT2D eigenvalue weighted by Gasteiger charge is 2.09. The number of nitrogens with one attached hydrogen (secondary N) is 1. The van der Waals surface area contributed by atoms with Gasteiger partial charge in [0.05, 0.1) is 17.9 Å². The highest BCUT2D eigenvalue weighted by Crippen LogP contribution is 2.24. The molecule has 3 aromatic carbocycles. The lowest BCUT2D eigenvalue weighted by molar-refractivity contribution is 0.0698. The van der Waals surface area contributed by atoms with Crippen LogP contribution in [0.2, 0.25) is 0 Å². The molecule has 0 saturated heterocycles. The molecule has 0 aliphatic heterocycles. The van der Waals surface area contributed by atoms with E-state index in [1.165, 1.54) is 5.56 Å². The number of carboxylic acids is 1. The van der Waals surface area contributed by atoms with Crippen molar-refractivity contribution in [2.75, 3.05) is 11.9 Å². The smallest absolute Gasteiger partial charge is 0.337 e. The van der Waals surface area contributed by atoms with Crippen LogP contribution in [0, 0.1) is 0 Å². The molecule has 0 unspecified atom stereocenters. The molecule has 4 heteroatoms. The largest absolute Gasteiger partial charge is 0.493 e. The Balaban J connectivity index is 1.65. The van der Waals surface area contributed by atoms with Gasteiger partial charge in [-0.05, 0) is 29.8 Å². The average molecular weight is 333 g/mol. The Labute approximate surface area is 146 Å². The summed E-state index contributed by atoms with van der Waals surface area (Å²) in [6.45, 7) is 0.583. The fraction of sp³-hybridized carbons (Fsp3) is 0.0952. The highest BCUT2D eigenvalue weighted by molar-refractivity contribution is 5.95. The standard InChI is InChI=1S/C21H19NO3/c23-21(24)19-11-4-5-12-20(19)22-17-9-6-10-18(15-17)25-14-13-16-7-2-1-3-8-16/h1-12,15,22H,13-14H2,(H,23,24). The number of hydrogen-bond acceptors (Lipinski definition) is 3. The molecule has 0 amide bonds. The summed E-state index contributed by atoms with van der Waals surface area (Å²) in [5.74, 6) is -0.216. The molecule has 0 fully saturated rings. The van der Waals surface area contributed by atoms with Crippen molar-refractivity contribution in [1.29, 1.82) is 0 Å². The molecule has 3 aromatic rings. The number of ether oxygens (including phenoxy) is 1. The number of carboxylic acid groups (broad SMARTS) is 1. The Morgan fingerprint density at radius 3 is 2.48 bits per heavy atom. The van der Waals surface area contributed by atoms with Crippen LogP contribution in [-0.2, 0) is 6.42 Å². The number of para-hydroxylation sites is 1. The van der Waals surface area contributed by atoms with E-state index in [1.807, 2.05) is 42.5 Å². The molecule has 0 aliphatic rings. The van der Waals surface area contributed by atoms with Gasteiger partial charge in [0.25, 0.3) is 0 Å². The summed E-state index contributed by atoms with van der Waals surface area (Å²) < 4.78 is 5.81. The molecule has 2 N–H and O–H groups in total. The lowest BCUT2D eigenvalue weighted by atomic mass is 10.1. The third-order valence-corrected chi connectivity index (χ3v) is 3.77. The molecule has 0 spiro atoms. The van der Waals surface area contributed by atoms with Crippen molar-refractivity contribution in [3.8, 4) is 5.75 Å². The first kappa shape index (κ1) is 16.6. The van der Waals surface area contributed by atoms with Crippen molar-refractivity contribution < 1.29 is 14.6 Å². The summed E-state index contributed by atoms with van der Waals surface area (Å²) in [7, 11) is 0. The monoisotopic (exact) mass is 333 g/mol. The summed E-state index contributed by atoms with van der Waals surface area (Å²) >= 11 is 0. The van der Waals surface area contributed by atoms with Gasteiger partial charge in [-0.1, -0.05) is 48.5 Å². The van der Waals surface area contributed by atoms with Crippen molar-refractivity contribution in [2.45, 2.75) is 6.42 Å². The molecule has 0 bridgehead atoms. The van der Waals surface area contributed by atoms with Crippen LogP contribution in [0.5, 0.6) is 5.75 Å². The minimum absolute atomic E-state index is 0.234. The van der Waals surface area contributed by atoms with Crippen LogP contribution >= 0.6 is 0 Å². The third-order valence-electron chi connectivity index (χ3n) is 3.77. The van der Waals surface area contributed by atoms with E-state index in [4.69, 9.17) is 4.74 Å². The van der Waals surface area contributed by atoms with E-state index in [2.05, 4.69) is 17.4 Å². The first-order valence-corrected chi connectivity index (χ1v) is 8.08. The molecular formula is C21H19NO3. The second kappa shape index (κ2) is 8.02. The molecule has 0 aliphatic carbocycles. The average Bonchev–Trinajstić information content (AvgIpc) is 2.63. The second-order valence-electron chi connectivity index (χ2n) is 5.59. The Morgan fingerprint density at radius 2 is 1.68 bits per heavy atom. The number of rotatable bonds is 7. The first-order chi connectivity index (χ1) is 12.2. The van der Waals surface area contributed by atoms with E-state index < -0.39 is 5.97 Å². The van der Waals surface area contributed by atoms with Crippen molar-refractivity contribution in [3.05, 3.63) is 90.0 Å². The van der Waals surface area contributed by atoms with E-state index in [0.29, 0.717) is 12.3 Å². The van der Waals surface area contributed by atoms with Gasteiger partial charge in [0.15, 0.2) is 0 Å². The lowest BCUT2D eigenvalue weighted by Gasteiger charge is -2.11. The molecule has 0 saturated carbocycles. The van der Waals surface area contributed by atoms with Gasteiger partial charge in [-0.25, -0.2) is 4.79 Å². The summed E-state index contributed by atoms with van der Waals surface area (Å²) in [6.07, 6.45) is 0.834. The SMILES string of the molecule is O=C(O)c1ccccc1Nc1cccc(OCCc2ccccc2)c1. The Hall–Kier alpha value is -3.27. The Kier molecular flexibility index (Phi) is 5.32. The fourth-order valence-electron chi connectivity index (χ4n) is 2.53. The number of benzene rings is 3. The summed E-state index contributed by atoms with van der Waals surface area (Å²) in [4.78, 5) is 11.3. The van der Waals surface area contributed by atoms with E-state index in [9.17, 15) is 9.90 Å². The molecule has 0 atom stereocenters. The van der Waals surface area contributed by atoms with E-state index in [0.717, 1.165) is 17.9 Å². The zero-order valence-corrected chi connectivity index (χ0v) is 13.7. The molecular weight excluding hydrogens is 314 g/mol. The molecule has 0 aromatic heterocycles. The maximum atomic E-state index is 11.3. The number of anilines is 2. The van der Waals surface area contributed by atoms with Gasteiger partial charge in [0.1, 0.15) is 5.75 Å². The molecule has 25 heavy (non-hydrogen) atoms. The van der Waals surface area contributed by atoms with Gasteiger partial charge in [0, 0.05) is 18.2 Å². The fourth-order valence-corrected chi connectivity index (χ4v) is 2.53. The number of aromatic carboxylic acids is 1. The van der Waals surface area contributed by atoms with Crippen LogP contribution < -0.4 is 10.1 Å². The molecule has 4 nitrogen and oxygen atoms in total. The van der Waals surface area contributed by atoms with Crippen LogP contribution in [0.3, 0.4) is 0 Å². The van der Waals surface area contributed by atoms with Gasteiger partial charge in [0.2, 0.25) is 0 Å². The van der Waals surface area contributed by atoms with Crippen molar-refractivity contribution in [3.63, 3.8) is 0 Å². The predicted molar refractivity (Wildman–Crippen MR) is 98.8 cm³/mol. The zero-order chi connectivity index (χ0) is 17.5. The summed E-state index contributed by atoms with van der Waals surface area (Å²) in [5.41, 5.74) is 2.80. The minimum atomic E-state index is -0.960. The molecule has 0 radical (unpaired) electrons. The Bertz CT molecular complexity index is 847. The van der Waals surface area contributed by atoms with Crippen molar-refractivity contribution >= 4 is 17.3 Å². The highest BCUT2D eigenvalue weighted by atomic mass is 16.5. The number of carbonyl (C=O) groups is 1. The number of hydrogen-bond donors (Lipinski definition) is 2. The van der Waals surface area contributed by atoms with E-state index in [1.54, 1.807) is 24.3 Å². The topological polar surface area (TPSA) is 58.6 Å². The minimum Gasteiger partial charge on any atom is -0.493 e. The first-order valence-electron chi connectivity index (χ1n) is 8.08. The summed E-state index contributed by atoms with van der Waals surface area (Å²) in [6, 6.07) is 24.5. The molecule has 0 heterocycles. The van der Waals surface area contributed by atoms with Crippen LogP contribution in [0.25, 0.3) is 0 Å². The van der Waals surface area contributed by atoms with Crippen molar-refractivity contribution in [2.24, 2.45) is 0 Å². The normalized spacial score (nSPS) is 10.2. The zero-order valence-electron chi connectivity index (χ0n) is 13.7. The maximum absolute atomic E-state index is 11.3. The molecule has 126 valence electrons. The van der Waals surface area contributed by atoms with Gasteiger partial charge in [-0.15, -0.1) is 0 Å². The molecule has 3 rings (SSSR count). The second-order valence-corrected chi connectivity index (χ2v) is 5.59. The van der Waals surface area contributed by atoms with Crippen LogP contribution in [0.1, 0.15) is 15.9 Å².